The summed E-state index contributed by atoms with van der Waals surface area (Å²) in [5, 5.41) is 4.51. The van der Waals surface area contributed by atoms with Crippen LogP contribution in [0.15, 0.2) is 48.7 Å². The molecule has 0 bridgehead atoms. The molecule has 7 nitrogen and oxygen atoms in total. The van der Waals surface area contributed by atoms with E-state index in [0.29, 0.717) is 23.1 Å². The Morgan fingerprint density at radius 1 is 1.15 bits per heavy atom. The molecule has 0 saturated heterocycles. The third kappa shape index (κ3) is 2.51. The Hall–Kier alpha value is -3.48. The Labute approximate surface area is 155 Å². The van der Waals surface area contributed by atoms with Gasteiger partial charge in [-0.2, -0.15) is 5.10 Å². The van der Waals surface area contributed by atoms with Crippen LogP contribution in [0.4, 0.5) is 0 Å². The maximum atomic E-state index is 5.53. The SMILES string of the molecule is COc1cc2c(cc1-c1nc3c(cnn3[C@@H](C)c3ccccc3)[nH]1)OCO2. The van der Waals surface area contributed by atoms with E-state index in [4.69, 9.17) is 19.2 Å². The van der Waals surface area contributed by atoms with Crippen molar-refractivity contribution in [3.05, 3.63) is 54.2 Å². The van der Waals surface area contributed by atoms with Gasteiger partial charge in [0.2, 0.25) is 6.79 Å². The van der Waals surface area contributed by atoms with Crippen LogP contribution in [-0.4, -0.2) is 33.7 Å². The zero-order chi connectivity index (χ0) is 18.4. The maximum Gasteiger partial charge on any atom is 0.231 e. The highest BCUT2D eigenvalue weighted by atomic mass is 16.7. The van der Waals surface area contributed by atoms with Gasteiger partial charge in [-0.05, 0) is 18.6 Å². The number of hydrogen-bond acceptors (Lipinski definition) is 5. The predicted octanol–water partition coefficient (Wildman–Crippen LogP) is 3.77. The molecule has 4 aromatic rings. The average Bonchev–Trinajstić information content (AvgIpc) is 3.41. The van der Waals surface area contributed by atoms with Crippen LogP contribution in [0.3, 0.4) is 0 Å². The highest BCUT2D eigenvalue weighted by molar-refractivity contribution is 5.79. The van der Waals surface area contributed by atoms with E-state index in [1.807, 2.05) is 35.0 Å². The second-order valence-corrected chi connectivity index (χ2v) is 6.40. The number of benzene rings is 2. The number of ether oxygens (including phenoxy) is 3. The molecule has 0 saturated carbocycles. The second-order valence-electron chi connectivity index (χ2n) is 6.40. The summed E-state index contributed by atoms with van der Waals surface area (Å²) >= 11 is 0. The molecule has 2 aromatic heterocycles. The number of aromatic nitrogens is 4. The van der Waals surface area contributed by atoms with E-state index in [9.17, 15) is 0 Å². The van der Waals surface area contributed by atoms with E-state index in [2.05, 4.69) is 29.1 Å². The normalized spacial score (nSPS) is 13.9. The van der Waals surface area contributed by atoms with Crippen molar-refractivity contribution < 1.29 is 14.2 Å². The number of aromatic amines is 1. The summed E-state index contributed by atoms with van der Waals surface area (Å²) in [5.74, 6) is 2.74. The number of hydrogen-bond donors (Lipinski definition) is 1. The van der Waals surface area contributed by atoms with Gasteiger partial charge < -0.3 is 19.2 Å². The van der Waals surface area contributed by atoms with E-state index < -0.39 is 0 Å². The average molecular weight is 362 g/mol. The van der Waals surface area contributed by atoms with Crippen LogP contribution in [0.1, 0.15) is 18.5 Å². The number of fused-ring (bicyclic) bond motifs is 2. The summed E-state index contributed by atoms with van der Waals surface area (Å²) in [7, 11) is 1.63. The van der Waals surface area contributed by atoms with Crippen LogP contribution in [0.2, 0.25) is 0 Å². The maximum absolute atomic E-state index is 5.53. The third-order valence-corrected chi connectivity index (χ3v) is 4.84. The summed E-state index contributed by atoms with van der Waals surface area (Å²) in [5.41, 5.74) is 3.65. The van der Waals surface area contributed by atoms with Gasteiger partial charge >= 0.3 is 0 Å². The quantitative estimate of drug-likeness (QED) is 0.598. The van der Waals surface area contributed by atoms with Crippen LogP contribution in [0.25, 0.3) is 22.6 Å². The van der Waals surface area contributed by atoms with Crippen molar-refractivity contribution in [2.45, 2.75) is 13.0 Å². The van der Waals surface area contributed by atoms with E-state index in [1.165, 1.54) is 5.56 Å². The van der Waals surface area contributed by atoms with Gasteiger partial charge in [0.1, 0.15) is 17.1 Å². The molecule has 136 valence electrons. The van der Waals surface area contributed by atoms with Crippen molar-refractivity contribution in [2.24, 2.45) is 0 Å². The highest BCUT2D eigenvalue weighted by Crippen LogP contribution is 2.42. The Morgan fingerprint density at radius 2 is 1.93 bits per heavy atom. The topological polar surface area (TPSA) is 74.2 Å². The largest absolute Gasteiger partial charge is 0.496 e. The minimum Gasteiger partial charge on any atom is -0.496 e. The fraction of sp³-hybridized carbons (Fsp3) is 0.200. The predicted molar refractivity (Wildman–Crippen MR) is 100 cm³/mol. The van der Waals surface area contributed by atoms with Crippen LogP contribution < -0.4 is 14.2 Å². The molecule has 0 fully saturated rings. The smallest absolute Gasteiger partial charge is 0.231 e. The molecular formula is C20H18N4O3. The molecule has 0 spiro atoms. The number of nitrogens with zero attached hydrogens (tertiary/aromatic N) is 3. The Balaban J connectivity index is 1.60. The zero-order valence-electron chi connectivity index (χ0n) is 15.0. The lowest BCUT2D eigenvalue weighted by Gasteiger charge is -2.12. The summed E-state index contributed by atoms with van der Waals surface area (Å²) in [6, 6.07) is 14.0. The molecule has 27 heavy (non-hydrogen) atoms. The van der Waals surface area contributed by atoms with Gasteiger partial charge in [-0.15, -0.1) is 0 Å². The van der Waals surface area contributed by atoms with Crippen LogP contribution in [-0.2, 0) is 0 Å². The monoisotopic (exact) mass is 362 g/mol. The van der Waals surface area contributed by atoms with Crippen LogP contribution in [0, 0.1) is 0 Å². The summed E-state index contributed by atoms with van der Waals surface area (Å²) in [4.78, 5) is 8.13. The minimum absolute atomic E-state index is 0.0681. The van der Waals surface area contributed by atoms with Crippen LogP contribution in [0.5, 0.6) is 17.2 Å². The van der Waals surface area contributed by atoms with E-state index in [0.717, 1.165) is 16.7 Å². The molecular weight excluding hydrogens is 344 g/mol. The van der Waals surface area contributed by atoms with Gasteiger partial charge in [-0.25, -0.2) is 9.67 Å². The first-order valence-corrected chi connectivity index (χ1v) is 8.71. The number of nitrogens with one attached hydrogen (secondary N) is 1. The summed E-state index contributed by atoms with van der Waals surface area (Å²) < 4.78 is 18.4. The fourth-order valence-corrected chi connectivity index (χ4v) is 3.38. The molecule has 3 heterocycles. The zero-order valence-corrected chi connectivity index (χ0v) is 15.0. The first-order valence-electron chi connectivity index (χ1n) is 8.71. The van der Waals surface area contributed by atoms with Gasteiger partial charge in [-0.3, -0.25) is 0 Å². The van der Waals surface area contributed by atoms with Crippen molar-refractivity contribution in [3.8, 4) is 28.6 Å². The summed E-state index contributed by atoms with van der Waals surface area (Å²) in [6.45, 7) is 2.32. The van der Waals surface area contributed by atoms with Crippen molar-refractivity contribution >= 4 is 11.2 Å². The van der Waals surface area contributed by atoms with Gasteiger partial charge in [0.05, 0.1) is 24.9 Å². The lowest BCUT2D eigenvalue weighted by molar-refractivity contribution is 0.174. The Bertz CT molecular complexity index is 1120. The lowest BCUT2D eigenvalue weighted by Crippen LogP contribution is -2.08. The van der Waals surface area contributed by atoms with Gasteiger partial charge in [0.15, 0.2) is 17.1 Å². The Morgan fingerprint density at radius 3 is 2.70 bits per heavy atom. The first kappa shape index (κ1) is 15.7. The molecule has 2 aromatic carbocycles. The van der Waals surface area contributed by atoms with Gasteiger partial charge in [-0.1, -0.05) is 30.3 Å². The lowest BCUT2D eigenvalue weighted by atomic mass is 10.1. The van der Waals surface area contributed by atoms with Gasteiger partial charge in [0, 0.05) is 6.07 Å². The van der Waals surface area contributed by atoms with Gasteiger partial charge in [0.25, 0.3) is 0 Å². The molecule has 1 aliphatic rings. The van der Waals surface area contributed by atoms with Crippen molar-refractivity contribution in [1.82, 2.24) is 19.7 Å². The number of rotatable bonds is 4. The Kier molecular flexibility index (Phi) is 3.53. The van der Waals surface area contributed by atoms with Crippen molar-refractivity contribution in [3.63, 3.8) is 0 Å². The first-order chi connectivity index (χ1) is 13.2. The molecule has 0 amide bonds. The number of methoxy groups -OCH3 is 1. The molecule has 0 aliphatic carbocycles. The number of imidazole rings is 1. The standard InChI is InChI=1S/C20H18N4O3/c1-12(13-6-4-3-5-7-13)24-20-15(10-21-24)22-19(23-20)14-8-17-18(27-11-26-17)9-16(14)25-2/h3-10,12H,11H2,1-2H3,(H,22,23)/t12-/m0/s1. The molecule has 0 unspecified atom stereocenters. The fourth-order valence-electron chi connectivity index (χ4n) is 3.38. The second kappa shape index (κ2) is 6.05. The molecule has 0 radical (unpaired) electrons. The van der Waals surface area contributed by atoms with E-state index >= 15 is 0 Å². The molecule has 5 rings (SSSR count). The highest BCUT2D eigenvalue weighted by Gasteiger charge is 2.22. The number of H-pyrrole nitrogens is 1. The molecule has 1 atom stereocenters. The molecule has 1 aliphatic heterocycles. The van der Waals surface area contributed by atoms with Crippen molar-refractivity contribution in [2.75, 3.05) is 13.9 Å². The van der Waals surface area contributed by atoms with E-state index in [-0.39, 0.29) is 12.8 Å². The molecule has 7 heteroatoms. The van der Waals surface area contributed by atoms with Crippen LogP contribution >= 0.6 is 0 Å². The third-order valence-electron chi connectivity index (χ3n) is 4.84. The van der Waals surface area contributed by atoms with E-state index in [1.54, 1.807) is 13.3 Å². The van der Waals surface area contributed by atoms with Crippen molar-refractivity contribution in [1.29, 1.82) is 0 Å². The molecule has 1 N–H and O–H groups in total. The summed E-state index contributed by atoms with van der Waals surface area (Å²) in [6.07, 6.45) is 1.80. The minimum atomic E-state index is 0.0681.